The smallest absolute Gasteiger partial charge is 0.141 e. The van der Waals surface area contributed by atoms with E-state index in [1.54, 1.807) is 12.3 Å². The van der Waals surface area contributed by atoms with E-state index in [0.717, 1.165) is 18.0 Å². The van der Waals surface area contributed by atoms with Gasteiger partial charge >= 0.3 is 0 Å². The van der Waals surface area contributed by atoms with E-state index in [2.05, 4.69) is 17.2 Å². The first-order valence-corrected chi connectivity index (χ1v) is 6.53. The molecular formula is C14H19FN2. The van der Waals surface area contributed by atoms with Crippen molar-refractivity contribution in [1.82, 2.24) is 10.3 Å². The van der Waals surface area contributed by atoms with Gasteiger partial charge in [-0.2, -0.15) is 0 Å². The predicted molar refractivity (Wildman–Crippen MR) is 65.0 cm³/mol. The van der Waals surface area contributed by atoms with Crippen LogP contribution in [-0.2, 0) is 0 Å². The van der Waals surface area contributed by atoms with Crippen molar-refractivity contribution in [3.8, 4) is 0 Å². The fraction of sp³-hybridized carbons (Fsp3) is 0.643. The van der Waals surface area contributed by atoms with E-state index in [-0.39, 0.29) is 11.9 Å². The first-order valence-electron chi connectivity index (χ1n) is 6.53. The van der Waals surface area contributed by atoms with Crippen molar-refractivity contribution in [2.75, 3.05) is 6.54 Å². The highest BCUT2D eigenvalue weighted by atomic mass is 19.1. The van der Waals surface area contributed by atoms with Crippen LogP contribution in [0.25, 0.3) is 0 Å². The number of nitrogens with one attached hydrogen (secondary N) is 1. The van der Waals surface area contributed by atoms with Gasteiger partial charge in [0.1, 0.15) is 5.82 Å². The third-order valence-electron chi connectivity index (χ3n) is 4.32. The Balaban J connectivity index is 1.58. The lowest BCUT2D eigenvalue weighted by Crippen LogP contribution is -2.28. The highest BCUT2D eigenvalue weighted by molar-refractivity contribution is 5.15. The van der Waals surface area contributed by atoms with Crippen LogP contribution < -0.4 is 5.32 Å². The van der Waals surface area contributed by atoms with Crippen molar-refractivity contribution in [3.05, 3.63) is 29.8 Å². The number of pyridine rings is 1. The number of halogens is 1. The molecule has 2 saturated carbocycles. The number of aromatic nitrogens is 1. The summed E-state index contributed by atoms with van der Waals surface area (Å²) >= 11 is 0. The largest absolute Gasteiger partial charge is 0.310 e. The molecule has 0 spiro atoms. The van der Waals surface area contributed by atoms with Gasteiger partial charge in [0, 0.05) is 18.8 Å². The molecule has 2 fully saturated rings. The monoisotopic (exact) mass is 234 g/mol. The summed E-state index contributed by atoms with van der Waals surface area (Å²) < 4.78 is 13.1. The first-order chi connectivity index (χ1) is 8.20. The van der Waals surface area contributed by atoms with E-state index in [1.165, 1.54) is 31.9 Å². The number of nitrogens with zero attached hydrogens (tertiary/aromatic N) is 1. The van der Waals surface area contributed by atoms with Gasteiger partial charge in [-0.25, -0.2) is 4.39 Å². The maximum atomic E-state index is 13.1. The fourth-order valence-corrected chi connectivity index (χ4v) is 2.72. The summed E-state index contributed by atoms with van der Waals surface area (Å²) in [5, 5.41) is 3.54. The number of hydrogen-bond donors (Lipinski definition) is 1. The summed E-state index contributed by atoms with van der Waals surface area (Å²) in [7, 11) is 0. The zero-order chi connectivity index (χ0) is 11.9. The molecule has 1 aromatic heterocycles. The molecule has 0 radical (unpaired) electrons. The van der Waals surface area contributed by atoms with Crippen molar-refractivity contribution in [2.45, 2.75) is 38.6 Å². The van der Waals surface area contributed by atoms with Crippen LogP contribution in [0.1, 0.15) is 44.2 Å². The van der Waals surface area contributed by atoms with Crippen LogP contribution >= 0.6 is 0 Å². The van der Waals surface area contributed by atoms with Crippen LogP contribution in [0.3, 0.4) is 0 Å². The van der Waals surface area contributed by atoms with Gasteiger partial charge in [0.15, 0.2) is 0 Å². The molecular weight excluding hydrogens is 215 g/mol. The molecule has 1 N–H and O–H groups in total. The molecule has 0 aliphatic heterocycles. The summed E-state index contributed by atoms with van der Waals surface area (Å²) in [5.41, 5.74) is 1.53. The Morgan fingerprint density at radius 1 is 1.47 bits per heavy atom. The van der Waals surface area contributed by atoms with Gasteiger partial charge in [-0.05, 0) is 55.6 Å². The summed E-state index contributed by atoms with van der Waals surface area (Å²) in [6, 6.07) is 1.76. The van der Waals surface area contributed by atoms with Gasteiger partial charge in [0.25, 0.3) is 0 Å². The molecule has 2 nitrogen and oxygen atoms in total. The van der Waals surface area contributed by atoms with Crippen LogP contribution in [-0.4, -0.2) is 11.5 Å². The maximum absolute atomic E-state index is 13.1. The Morgan fingerprint density at radius 2 is 2.24 bits per heavy atom. The molecule has 2 aliphatic carbocycles. The van der Waals surface area contributed by atoms with Gasteiger partial charge in [0.05, 0.1) is 6.20 Å². The minimum atomic E-state index is -0.250. The molecule has 92 valence electrons. The molecule has 0 bridgehead atoms. The van der Waals surface area contributed by atoms with E-state index in [4.69, 9.17) is 0 Å². The summed E-state index contributed by atoms with van der Waals surface area (Å²) in [6.07, 6.45) is 8.58. The van der Waals surface area contributed by atoms with Crippen LogP contribution in [0.2, 0.25) is 0 Å². The second-order valence-corrected chi connectivity index (χ2v) is 5.68. The Hall–Kier alpha value is -0.960. The third-order valence-corrected chi connectivity index (χ3v) is 4.32. The van der Waals surface area contributed by atoms with Gasteiger partial charge in [0.2, 0.25) is 0 Å². The Kier molecular flexibility index (Phi) is 2.66. The van der Waals surface area contributed by atoms with Crippen LogP contribution in [0, 0.1) is 17.2 Å². The average molecular weight is 234 g/mol. The molecule has 2 aliphatic rings. The maximum Gasteiger partial charge on any atom is 0.141 e. The molecule has 3 heteroatoms. The normalized spacial score (nSPS) is 23.4. The second-order valence-electron chi connectivity index (χ2n) is 5.68. The van der Waals surface area contributed by atoms with Crippen molar-refractivity contribution >= 4 is 0 Å². The molecule has 0 amide bonds. The topological polar surface area (TPSA) is 24.9 Å². The second kappa shape index (κ2) is 4.05. The zero-order valence-electron chi connectivity index (χ0n) is 10.2. The van der Waals surface area contributed by atoms with Gasteiger partial charge < -0.3 is 5.32 Å². The molecule has 3 rings (SSSR count). The summed E-state index contributed by atoms with van der Waals surface area (Å²) in [6.45, 7) is 3.16. The standard InChI is InChI=1S/C14H19FN2/c1-10(11-6-13(15)8-16-7-11)17-9-14(4-5-14)12-2-3-12/h6-8,10,12,17H,2-5,9H2,1H3. The van der Waals surface area contributed by atoms with Crippen molar-refractivity contribution in [2.24, 2.45) is 11.3 Å². The lowest BCUT2D eigenvalue weighted by Gasteiger charge is -2.19. The van der Waals surface area contributed by atoms with E-state index in [0.29, 0.717) is 5.41 Å². The van der Waals surface area contributed by atoms with E-state index in [9.17, 15) is 4.39 Å². The van der Waals surface area contributed by atoms with E-state index >= 15 is 0 Å². The summed E-state index contributed by atoms with van der Waals surface area (Å²) in [4.78, 5) is 3.90. The number of hydrogen-bond acceptors (Lipinski definition) is 2. The molecule has 0 saturated heterocycles. The third kappa shape index (κ3) is 2.34. The average Bonchev–Trinajstić information content (AvgIpc) is 3.15. The zero-order valence-corrected chi connectivity index (χ0v) is 10.2. The van der Waals surface area contributed by atoms with Crippen molar-refractivity contribution in [1.29, 1.82) is 0 Å². The lowest BCUT2D eigenvalue weighted by molar-refractivity contribution is 0.381. The molecule has 1 unspecified atom stereocenters. The van der Waals surface area contributed by atoms with Crippen molar-refractivity contribution < 1.29 is 4.39 Å². The minimum absolute atomic E-state index is 0.189. The molecule has 1 heterocycles. The SMILES string of the molecule is CC(NCC1(C2CC2)CC1)c1cncc(F)c1. The van der Waals surface area contributed by atoms with E-state index < -0.39 is 0 Å². The quantitative estimate of drug-likeness (QED) is 0.847. The van der Waals surface area contributed by atoms with Crippen LogP contribution in [0.4, 0.5) is 4.39 Å². The first kappa shape index (κ1) is 11.1. The highest BCUT2D eigenvalue weighted by Crippen LogP contribution is 2.60. The Bertz CT molecular complexity index is 410. The minimum Gasteiger partial charge on any atom is -0.310 e. The molecule has 0 aromatic carbocycles. The molecule has 17 heavy (non-hydrogen) atoms. The molecule has 1 aromatic rings. The van der Waals surface area contributed by atoms with Gasteiger partial charge in [-0.1, -0.05) is 0 Å². The van der Waals surface area contributed by atoms with E-state index in [1.807, 2.05) is 0 Å². The lowest BCUT2D eigenvalue weighted by atomic mass is 10.00. The number of rotatable bonds is 5. The Morgan fingerprint density at radius 3 is 2.82 bits per heavy atom. The van der Waals surface area contributed by atoms with Crippen molar-refractivity contribution in [3.63, 3.8) is 0 Å². The fourth-order valence-electron chi connectivity index (χ4n) is 2.72. The van der Waals surface area contributed by atoms with Gasteiger partial charge in [-0.3, -0.25) is 4.98 Å². The summed E-state index contributed by atoms with van der Waals surface area (Å²) in [5.74, 6) is 0.715. The van der Waals surface area contributed by atoms with Crippen LogP contribution in [0.5, 0.6) is 0 Å². The highest BCUT2D eigenvalue weighted by Gasteiger charge is 2.53. The van der Waals surface area contributed by atoms with Gasteiger partial charge in [-0.15, -0.1) is 0 Å². The van der Waals surface area contributed by atoms with Crippen LogP contribution in [0.15, 0.2) is 18.5 Å². The molecule has 1 atom stereocenters. The Labute approximate surface area is 102 Å². The predicted octanol–water partition coefficient (Wildman–Crippen LogP) is 3.06.